The third-order valence-corrected chi connectivity index (χ3v) is 11.8. The number of fused-ring (bicyclic) bond motifs is 1. The van der Waals surface area contributed by atoms with Gasteiger partial charge < -0.3 is 5.11 Å². The van der Waals surface area contributed by atoms with Crippen LogP contribution in [0.1, 0.15) is 99.8 Å². The van der Waals surface area contributed by atoms with Crippen molar-refractivity contribution in [1.29, 1.82) is 0 Å². The van der Waals surface area contributed by atoms with E-state index in [2.05, 4.69) is 153 Å². The number of nitrogens with zero attached hydrogens (tertiary/aromatic N) is 3. The van der Waals surface area contributed by atoms with Crippen molar-refractivity contribution in [3.63, 3.8) is 0 Å². The minimum atomic E-state index is -2.17. The van der Waals surface area contributed by atoms with Gasteiger partial charge in [-0.2, -0.15) is 0 Å². The number of rotatable bonds is 6. The Labute approximate surface area is 387 Å². The van der Waals surface area contributed by atoms with Crippen molar-refractivity contribution in [2.75, 3.05) is 0 Å². The van der Waals surface area contributed by atoms with Gasteiger partial charge in [-0.1, -0.05) is 158 Å². The molecule has 0 saturated heterocycles. The molecule has 0 fully saturated rings. The summed E-state index contributed by atoms with van der Waals surface area (Å²) in [4.78, 5) is 10.4. The van der Waals surface area contributed by atoms with Gasteiger partial charge in [0.05, 0.1) is 22.3 Å². The van der Waals surface area contributed by atoms with E-state index in [0.29, 0.717) is 17.0 Å². The third kappa shape index (κ3) is 8.73. The van der Waals surface area contributed by atoms with Crippen LogP contribution in [0.2, 0.25) is 0 Å². The van der Waals surface area contributed by atoms with E-state index in [-0.39, 0.29) is 43.1 Å². The normalized spacial score (nSPS) is 13.0. The van der Waals surface area contributed by atoms with Crippen molar-refractivity contribution in [3.8, 4) is 67.5 Å². The predicted octanol–water partition coefficient (Wildman–Crippen LogP) is 15.1. The fraction of sp³-hybridized carbons (Fsp3) is 0.263. The van der Waals surface area contributed by atoms with E-state index in [1.54, 1.807) is 18.3 Å². The molecule has 0 aliphatic rings. The Morgan fingerprint density at radius 2 is 1.23 bits per heavy atom. The van der Waals surface area contributed by atoms with Gasteiger partial charge in [-0.3, -0.25) is 9.55 Å². The van der Waals surface area contributed by atoms with E-state index in [9.17, 15) is 5.11 Å². The van der Waals surface area contributed by atoms with Crippen molar-refractivity contribution in [1.82, 2.24) is 14.5 Å². The molecular weight excluding hydrogens is 938 g/mol. The molecule has 0 unspecified atom stereocenters. The number of aryl methyl sites for hydroxylation is 3. The first-order valence-corrected chi connectivity index (χ1v) is 21.2. The van der Waals surface area contributed by atoms with Crippen LogP contribution in [0.15, 0.2) is 128 Å². The molecule has 2 aromatic heterocycles. The topological polar surface area (TPSA) is 50.9 Å². The predicted molar refractivity (Wildman–Crippen MR) is 257 cm³/mol. The summed E-state index contributed by atoms with van der Waals surface area (Å²) in [5.41, 5.74) is 16.1. The fourth-order valence-corrected chi connectivity index (χ4v) is 8.16. The summed E-state index contributed by atoms with van der Waals surface area (Å²) in [5.74, 6) is 0.850. The Kier molecular flexibility index (Phi) is 10.8. The number of hydrogen-bond acceptors (Lipinski definition) is 3. The first-order valence-electron chi connectivity index (χ1n) is 22.7. The molecule has 0 saturated carbocycles. The van der Waals surface area contributed by atoms with Crippen LogP contribution in [0, 0.1) is 26.8 Å². The summed E-state index contributed by atoms with van der Waals surface area (Å²) in [6.07, 6.45) is 1.80. The van der Waals surface area contributed by atoms with Crippen LogP contribution in [-0.2, 0) is 37.3 Å². The number of para-hydroxylation sites is 1. The van der Waals surface area contributed by atoms with Gasteiger partial charge in [-0.05, 0) is 106 Å². The number of hydrogen-bond donors (Lipinski definition) is 1. The van der Waals surface area contributed by atoms with Gasteiger partial charge >= 0.3 is 0 Å². The molecule has 0 bridgehead atoms. The van der Waals surface area contributed by atoms with Crippen LogP contribution in [0.4, 0.5) is 0 Å². The first kappa shape index (κ1) is 40.5. The van der Waals surface area contributed by atoms with Crippen molar-refractivity contribution < 1.29 is 30.3 Å². The maximum absolute atomic E-state index is 11.9. The van der Waals surface area contributed by atoms with Crippen molar-refractivity contribution in [3.05, 3.63) is 167 Å². The smallest absolute Gasteiger partial charge is 0.148 e. The Morgan fingerprint density at radius 1 is 0.581 bits per heavy atom. The molecule has 5 heteroatoms. The molecule has 0 aliphatic heterocycles. The quantitative estimate of drug-likeness (QED) is 0.169. The molecule has 6 aromatic carbocycles. The van der Waals surface area contributed by atoms with Gasteiger partial charge in [-0.15, -0.1) is 29.3 Å². The van der Waals surface area contributed by atoms with Crippen molar-refractivity contribution in [2.24, 2.45) is 0 Å². The zero-order valence-electron chi connectivity index (χ0n) is 40.7. The largest absolute Gasteiger partial charge is 0.507 e. The molecule has 8 rings (SSSR count). The van der Waals surface area contributed by atoms with Gasteiger partial charge in [0.2, 0.25) is 0 Å². The summed E-state index contributed by atoms with van der Waals surface area (Å²) >= 11 is 0. The van der Waals surface area contributed by atoms with Gasteiger partial charge in [0.25, 0.3) is 0 Å². The second-order valence-electron chi connectivity index (χ2n) is 19.7. The summed E-state index contributed by atoms with van der Waals surface area (Å²) in [5, 5.41) is 11.9. The molecule has 62 heavy (non-hydrogen) atoms. The molecular formula is C57H58N3OPt-. The molecule has 4 nitrogen and oxygen atoms in total. The number of aromatic nitrogens is 3. The second kappa shape index (κ2) is 16.6. The van der Waals surface area contributed by atoms with E-state index >= 15 is 0 Å². The number of benzene rings is 6. The Hall–Kier alpha value is -5.57. The van der Waals surface area contributed by atoms with E-state index in [1.807, 2.05) is 43.3 Å². The summed E-state index contributed by atoms with van der Waals surface area (Å²) in [6, 6.07) is 45.2. The Morgan fingerprint density at radius 3 is 1.89 bits per heavy atom. The molecule has 8 aromatic rings. The van der Waals surface area contributed by atoms with Crippen molar-refractivity contribution in [2.45, 2.75) is 99.3 Å². The average molecular weight is 999 g/mol. The number of phenolic OH excluding ortho intramolecular Hbond substituents is 1. The number of phenols is 1. The Bertz CT molecular complexity index is 3050. The number of imidazole rings is 1. The van der Waals surface area contributed by atoms with Crippen LogP contribution < -0.4 is 0 Å². The van der Waals surface area contributed by atoms with Crippen LogP contribution in [-0.4, -0.2) is 19.6 Å². The second-order valence-corrected chi connectivity index (χ2v) is 19.7. The monoisotopic (exact) mass is 998 g/mol. The average Bonchev–Trinajstić information content (AvgIpc) is 3.63. The Balaban J connectivity index is 0.00000630. The number of aromatic hydroxyl groups is 1. The van der Waals surface area contributed by atoms with Gasteiger partial charge in [0.1, 0.15) is 11.6 Å². The molecule has 0 radical (unpaired) electrons. The van der Waals surface area contributed by atoms with Gasteiger partial charge in [0, 0.05) is 42.6 Å². The van der Waals surface area contributed by atoms with Crippen LogP contribution in [0.3, 0.4) is 0 Å². The summed E-state index contributed by atoms with van der Waals surface area (Å²) in [6.45, 7) is 21.9. The maximum Gasteiger partial charge on any atom is 0.148 e. The van der Waals surface area contributed by atoms with E-state index in [4.69, 9.17) is 14.1 Å². The van der Waals surface area contributed by atoms with E-state index in [1.165, 1.54) is 11.1 Å². The van der Waals surface area contributed by atoms with E-state index in [0.717, 1.165) is 78.0 Å². The van der Waals surface area contributed by atoms with Crippen LogP contribution in [0.25, 0.3) is 72.7 Å². The van der Waals surface area contributed by atoms with Gasteiger partial charge in [0.15, 0.2) is 0 Å². The molecule has 2 heterocycles. The van der Waals surface area contributed by atoms with Crippen LogP contribution in [0.5, 0.6) is 5.75 Å². The van der Waals surface area contributed by atoms with Crippen molar-refractivity contribution >= 4 is 11.0 Å². The SMILES string of the molecule is [2H]C([2H])([2H])c1ccc(-c2ccnc(-c3[c-]c(-c4cccc5c4nc(-c4cc(C)cc(C)c4O)n5-c4ccc(C(C)(C)C)cc4-c4ccc(C(C)(C)C)cc4)cc(C(C)(C)C)c3)c2)cc1.[Pt]. The van der Waals surface area contributed by atoms with Gasteiger partial charge in [-0.25, -0.2) is 4.98 Å². The minimum absolute atomic E-state index is 0. The molecule has 0 spiro atoms. The summed E-state index contributed by atoms with van der Waals surface area (Å²) < 4.78 is 25.7. The maximum atomic E-state index is 11.9. The molecule has 0 amide bonds. The molecule has 0 aliphatic carbocycles. The standard InChI is InChI=1S/C57H58N3O.Pt/c1-35-16-18-38(19-17-35)40-26-27-58-49(33-40)42-30-41(31-45(32-42)57(10,11)12)46-14-13-15-51-52(46)59-54(48-29-36(2)28-37(3)53(48)61)60(51)50-25-24-44(56(7,8)9)34-47(50)39-20-22-43(23-21-39)55(4,5)6;/h13-29,31-34,61H,1-12H3;/q-1;/i1D3;. The third-order valence-electron chi connectivity index (χ3n) is 11.8. The first-order chi connectivity index (χ1) is 30.0. The molecule has 0 atom stereocenters. The zero-order chi connectivity index (χ0) is 46.1. The molecule has 318 valence electrons. The minimum Gasteiger partial charge on any atom is -0.507 e. The zero-order valence-corrected chi connectivity index (χ0v) is 40.0. The summed E-state index contributed by atoms with van der Waals surface area (Å²) in [7, 11) is 0. The number of pyridine rings is 1. The molecule has 1 N–H and O–H groups in total. The van der Waals surface area contributed by atoms with E-state index < -0.39 is 6.85 Å². The van der Waals surface area contributed by atoms with Crippen LogP contribution >= 0.6 is 0 Å². The fourth-order valence-electron chi connectivity index (χ4n) is 8.16.